The van der Waals surface area contributed by atoms with Gasteiger partial charge in [0.15, 0.2) is 0 Å². The van der Waals surface area contributed by atoms with Crippen LogP contribution in [0.1, 0.15) is 34.1 Å². The van der Waals surface area contributed by atoms with Gasteiger partial charge >= 0.3 is 26.2 Å². The molecular formula is C24H20Zr. The summed E-state index contributed by atoms with van der Waals surface area (Å²) in [7, 11) is 0. The Morgan fingerprint density at radius 2 is 1.56 bits per heavy atom. The van der Waals surface area contributed by atoms with Gasteiger partial charge in [-0.2, -0.15) is 29.8 Å². The molecule has 0 heterocycles. The van der Waals surface area contributed by atoms with Gasteiger partial charge in [-0.1, -0.05) is 60.7 Å². The van der Waals surface area contributed by atoms with Gasteiger partial charge in [-0.25, -0.2) is 24.3 Å². The Morgan fingerprint density at radius 3 is 2.28 bits per heavy atom. The fourth-order valence-electron chi connectivity index (χ4n) is 3.52. The Kier molecular flexibility index (Phi) is 6.00. The maximum absolute atomic E-state index is 2.33. The number of hydrogen-bond acceptors (Lipinski definition) is 0. The maximum atomic E-state index is 2.33. The summed E-state index contributed by atoms with van der Waals surface area (Å²) in [5.41, 5.74) is 5.68. The molecule has 0 radical (unpaired) electrons. The summed E-state index contributed by atoms with van der Waals surface area (Å²) in [4.78, 5) is 0. The van der Waals surface area contributed by atoms with Gasteiger partial charge in [0.2, 0.25) is 0 Å². The minimum Gasteiger partial charge on any atom is -0.214 e. The van der Waals surface area contributed by atoms with Gasteiger partial charge in [0.05, 0.1) is 0 Å². The molecule has 120 valence electrons. The van der Waals surface area contributed by atoms with Gasteiger partial charge in [0.25, 0.3) is 0 Å². The fraction of sp³-hybridized carbons (Fsp3) is 0.0833. The molecule has 0 spiro atoms. The van der Waals surface area contributed by atoms with Gasteiger partial charge in [0.1, 0.15) is 0 Å². The second-order valence-corrected chi connectivity index (χ2v) is 6.16. The minimum absolute atomic E-state index is 0. The number of benzene rings is 1. The van der Waals surface area contributed by atoms with Crippen LogP contribution in [0, 0.1) is 0 Å². The van der Waals surface area contributed by atoms with Crippen molar-refractivity contribution in [2.45, 2.75) is 11.8 Å². The molecule has 3 aromatic rings. The van der Waals surface area contributed by atoms with Gasteiger partial charge in [-0.3, -0.25) is 0 Å². The third-order valence-corrected chi connectivity index (χ3v) is 4.68. The zero-order valence-electron chi connectivity index (χ0n) is 14.0. The maximum Gasteiger partial charge on any atom is 2.00 e. The first-order valence-electron chi connectivity index (χ1n) is 8.48. The zero-order chi connectivity index (χ0) is 16.2. The molecule has 3 aromatic carbocycles. The number of hydrogen-bond donors (Lipinski definition) is 0. The van der Waals surface area contributed by atoms with Crippen molar-refractivity contribution in [3.05, 3.63) is 125 Å². The molecule has 0 N–H and O–H groups in total. The zero-order valence-corrected chi connectivity index (χ0v) is 16.5. The van der Waals surface area contributed by atoms with Crippen LogP contribution in [0.15, 0.2) is 103 Å². The Balaban J connectivity index is 0.000000264. The third kappa shape index (κ3) is 3.83. The number of fused-ring (bicyclic) bond motifs is 1. The van der Waals surface area contributed by atoms with Crippen molar-refractivity contribution in [3.8, 4) is 0 Å². The van der Waals surface area contributed by atoms with E-state index >= 15 is 0 Å². The van der Waals surface area contributed by atoms with Crippen molar-refractivity contribution in [1.29, 1.82) is 0 Å². The van der Waals surface area contributed by atoms with Gasteiger partial charge in [-0.05, 0) is 17.0 Å². The van der Waals surface area contributed by atoms with Crippen molar-refractivity contribution in [2.75, 3.05) is 0 Å². The summed E-state index contributed by atoms with van der Waals surface area (Å²) < 4.78 is 0. The Labute approximate surface area is 169 Å². The van der Waals surface area contributed by atoms with E-state index < -0.39 is 0 Å². The van der Waals surface area contributed by atoms with E-state index in [2.05, 4.69) is 78.9 Å². The third-order valence-electron chi connectivity index (χ3n) is 4.68. The van der Waals surface area contributed by atoms with Crippen LogP contribution in [-0.2, 0) is 26.2 Å². The minimum atomic E-state index is 0. The topological polar surface area (TPSA) is 0 Å². The summed E-state index contributed by atoms with van der Waals surface area (Å²) >= 11 is 0. The first kappa shape index (κ1) is 17.8. The number of allylic oxidation sites excluding steroid dienone is 5. The second-order valence-electron chi connectivity index (χ2n) is 6.16. The predicted octanol–water partition coefficient (Wildman–Crippen LogP) is 6.18. The first-order valence-corrected chi connectivity index (χ1v) is 8.48. The Morgan fingerprint density at radius 1 is 0.800 bits per heavy atom. The van der Waals surface area contributed by atoms with E-state index in [-0.39, 0.29) is 26.2 Å². The average molecular weight is 400 g/mol. The van der Waals surface area contributed by atoms with Gasteiger partial charge in [-0.15, -0.1) is 5.56 Å². The van der Waals surface area contributed by atoms with E-state index in [4.69, 9.17) is 0 Å². The fourth-order valence-corrected chi connectivity index (χ4v) is 3.52. The molecule has 0 saturated carbocycles. The van der Waals surface area contributed by atoms with E-state index in [1.165, 1.54) is 22.3 Å². The smallest absolute Gasteiger partial charge is 0.214 e. The molecule has 0 aromatic heterocycles. The summed E-state index contributed by atoms with van der Waals surface area (Å²) in [6.45, 7) is 0. The molecule has 0 fully saturated rings. The van der Waals surface area contributed by atoms with Gasteiger partial charge < -0.3 is 0 Å². The normalized spacial score (nSPS) is 17.0. The standard InChI is InChI=1S/C19H15.C5H5.Zr/c1-2-7-14(6-1)17-10-5-11-18(17)19-13-12-15-8-3-4-9-16(15)19;1-2-4-5-3-1;/h1-14,19H;1-5H;/q2*-1;+2. The average Bonchev–Trinajstić information content (AvgIpc) is 3.43. The van der Waals surface area contributed by atoms with E-state index in [0.29, 0.717) is 11.8 Å². The van der Waals surface area contributed by atoms with Crippen LogP contribution in [0.25, 0.3) is 6.08 Å². The van der Waals surface area contributed by atoms with Crippen LogP contribution in [0.3, 0.4) is 0 Å². The monoisotopic (exact) mass is 398 g/mol. The van der Waals surface area contributed by atoms with Crippen molar-refractivity contribution >= 4 is 6.08 Å². The quantitative estimate of drug-likeness (QED) is 0.452. The van der Waals surface area contributed by atoms with E-state index in [0.717, 1.165) is 0 Å². The Bertz CT molecular complexity index is 845. The van der Waals surface area contributed by atoms with E-state index in [9.17, 15) is 0 Å². The molecule has 2 aliphatic carbocycles. The molecule has 0 bridgehead atoms. The van der Waals surface area contributed by atoms with Gasteiger partial charge in [0, 0.05) is 5.92 Å². The van der Waals surface area contributed by atoms with Crippen molar-refractivity contribution in [1.82, 2.24) is 0 Å². The van der Waals surface area contributed by atoms with Crippen molar-refractivity contribution < 1.29 is 26.2 Å². The molecule has 5 rings (SSSR count). The first-order chi connectivity index (χ1) is 11.9. The van der Waals surface area contributed by atoms with Crippen LogP contribution in [0.4, 0.5) is 0 Å². The molecule has 0 saturated heterocycles. The van der Waals surface area contributed by atoms with Crippen LogP contribution in [-0.4, -0.2) is 0 Å². The molecule has 2 aliphatic rings. The molecule has 1 atom stereocenters. The van der Waals surface area contributed by atoms with Crippen molar-refractivity contribution in [2.24, 2.45) is 0 Å². The van der Waals surface area contributed by atoms with Crippen LogP contribution in [0.2, 0.25) is 0 Å². The molecule has 0 nitrogen and oxygen atoms in total. The summed E-state index contributed by atoms with van der Waals surface area (Å²) in [6, 6.07) is 25.4. The largest absolute Gasteiger partial charge is 2.00 e. The van der Waals surface area contributed by atoms with E-state index in [1.54, 1.807) is 0 Å². The number of rotatable bonds is 2. The van der Waals surface area contributed by atoms with Crippen LogP contribution >= 0.6 is 0 Å². The SMILES string of the molecule is C1=CC([c-]2cccc2C2C=Cc3ccccc32)C=C1.[Zr+2].c1cc[cH-]c1. The van der Waals surface area contributed by atoms with E-state index in [1.807, 2.05) is 30.3 Å². The molecule has 0 aliphatic heterocycles. The summed E-state index contributed by atoms with van der Waals surface area (Å²) in [5.74, 6) is 0.870. The predicted molar refractivity (Wildman–Crippen MR) is 102 cm³/mol. The van der Waals surface area contributed by atoms with Crippen LogP contribution < -0.4 is 0 Å². The summed E-state index contributed by atoms with van der Waals surface area (Å²) in [6.07, 6.45) is 13.4. The van der Waals surface area contributed by atoms with Crippen LogP contribution in [0.5, 0.6) is 0 Å². The molecule has 1 unspecified atom stereocenters. The van der Waals surface area contributed by atoms with Crippen molar-refractivity contribution in [3.63, 3.8) is 0 Å². The molecule has 0 amide bonds. The molecule has 25 heavy (non-hydrogen) atoms. The Hall–Kier alpha value is -1.98. The molecular weight excluding hydrogens is 379 g/mol. The summed E-state index contributed by atoms with van der Waals surface area (Å²) in [5, 5.41) is 0. The second kappa shape index (κ2) is 8.41. The molecule has 1 heteroatoms.